The third-order valence-corrected chi connectivity index (χ3v) is 6.14. The number of benzene rings is 1. The average Bonchev–Trinajstić information content (AvgIpc) is 3.54. The Balaban J connectivity index is 1.18. The second-order valence-electron chi connectivity index (χ2n) is 7.86. The Kier molecular flexibility index (Phi) is 8.27. The molecule has 190 valence electrons. The predicted molar refractivity (Wildman–Crippen MR) is 133 cm³/mol. The van der Waals surface area contributed by atoms with Gasteiger partial charge in [-0.2, -0.15) is 5.10 Å². The lowest BCUT2D eigenvalue weighted by Crippen LogP contribution is -2.33. The van der Waals surface area contributed by atoms with E-state index in [2.05, 4.69) is 30.2 Å². The molecule has 3 aromatic rings. The third kappa shape index (κ3) is 5.71. The van der Waals surface area contributed by atoms with Gasteiger partial charge in [-0.05, 0) is 12.8 Å². The number of hydrazone groups is 1. The Hall–Kier alpha value is -3.79. The van der Waals surface area contributed by atoms with Gasteiger partial charge in [-0.25, -0.2) is 20.8 Å². The van der Waals surface area contributed by atoms with Gasteiger partial charge in [0.05, 0.1) is 19.0 Å². The molecule has 1 aliphatic heterocycles. The molecule has 1 amide bonds. The van der Waals surface area contributed by atoms with E-state index in [-0.39, 0.29) is 49.3 Å². The number of amides is 1. The maximum atomic E-state index is 12.6. The van der Waals surface area contributed by atoms with E-state index in [1.807, 2.05) is 4.57 Å². The van der Waals surface area contributed by atoms with Crippen LogP contribution in [-0.2, 0) is 13.7 Å². The smallest absolute Gasteiger partial charge is 0.231 e. The number of fused-ring (bicyclic) bond motifs is 1. The van der Waals surface area contributed by atoms with E-state index in [0.717, 1.165) is 25.1 Å². The molecule has 2 aromatic heterocycles. The molecule has 8 N–H and O–H groups in total. The van der Waals surface area contributed by atoms with Crippen LogP contribution in [0.3, 0.4) is 0 Å². The molecular formula is C21H26N10O4S. The van der Waals surface area contributed by atoms with Gasteiger partial charge in [-0.3, -0.25) is 23.1 Å². The standard InChI is InChI=1S/C21H26N10O4S/c22-19-18-21(26-10-25-19)31(11-27-18)17-8-5-12(35-17)9-34-36-30-16(33)7-6-15(32)13-3-1-2-4-14(13)20(28-23)29-24/h1-4,10-12,17H,5-9,23-24H2,(H,28,29)(H,30,33)(H2,22,25,26). The fraction of sp³-hybridized carbons (Fsp3) is 0.333. The number of nitrogens with two attached hydrogens (primary N) is 3. The van der Waals surface area contributed by atoms with Crippen molar-refractivity contribution in [1.29, 1.82) is 0 Å². The zero-order valence-corrected chi connectivity index (χ0v) is 20.0. The van der Waals surface area contributed by atoms with Gasteiger partial charge < -0.3 is 21.7 Å². The third-order valence-electron chi connectivity index (χ3n) is 5.58. The molecule has 1 aromatic carbocycles. The largest absolute Gasteiger partial charge is 0.382 e. The number of carbonyl (C=O) groups is 2. The summed E-state index contributed by atoms with van der Waals surface area (Å²) in [4.78, 5) is 37.2. The highest BCUT2D eigenvalue weighted by Crippen LogP contribution is 2.31. The first-order valence-corrected chi connectivity index (χ1v) is 11.8. The van der Waals surface area contributed by atoms with E-state index in [1.54, 1.807) is 30.6 Å². The lowest BCUT2D eigenvalue weighted by Gasteiger charge is -2.15. The zero-order valence-electron chi connectivity index (χ0n) is 19.2. The van der Waals surface area contributed by atoms with Crippen molar-refractivity contribution < 1.29 is 18.5 Å². The zero-order chi connectivity index (χ0) is 25.5. The van der Waals surface area contributed by atoms with Crippen LogP contribution in [0.25, 0.3) is 11.2 Å². The number of ether oxygens (including phenoxy) is 1. The number of hydrazine groups is 1. The Morgan fingerprint density at radius 3 is 2.78 bits per heavy atom. The number of anilines is 1. The van der Waals surface area contributed by atoms with Crippen molar-refractivity contribution in [2.24, 2.45) is 16.8 Å². The van der Waals surface area contributed by atoms with Crippen molar-refractivity contribution in [2.75, 3.05) is 12.3 Å². The first kappa shape index (κ1) is 25.3. The molecular weight excluding hydrogens is 488 g/mol. The number of carbonyl (C=O) groups excluding carboxylic acids is 2. The van der Waals surface area contributed by atoms with Gasteiger partial charge in [0.15, 0.2) is 23.1 Å². The fourth-order valence-electron chi connectivity index (χ4n) is 3.81. The average molecular weight is 515 g/mol. The van der Waals surface area contributed by atoms with E-state index in [1.165, 1.54) is 6.33 Å². The van der Waals surface area contributed by atoms with Gasteiger partial charge in [0, 0.05) is 24.0 Å². The number of nitrogens with zero attached hydrogens (tertiary/aromatic N) is 5. The van der Waals surface area contributed by atoms with E-state index in [0.29, 0.717) is 28.1 Å². The molecule has 0 spiro atoms. The summed E-state index contributed by atoms with van der Waals surface area (Å²) < 4.78 is 15.9. The highest BCUT2D eigenvalue weighted by Gasteiger charge is 2.28. The van der Waals surface area contributed by atoms with Crippen LogP contribution in [0.4, 0.5) is 5.82 Å². The number of hydrogen-bond acceptors (Lipinski definition) is 12. The molecule has 1 saturated heterocycles. The molecule has 0 aliphatic carbocycles. The predicted octanol–water partition coefficient (Wildman–Crippen LogP) is 0.529. The number of ketones is 1. The minimum absolute atomic E-state index is 0.00776. The normalized spacial score (nSPS) is 17.9. The van der Waals surface area contributed by atoms with E-state index in [9.17, 15) is 9.59 Å². The van der Waals surface area contributed by atoms with Gasteiger partial charge in [-0.1, -0.05) is 24.3 Å². The molecule has 36 heavy (non-hydrogen) atoms. The highest BCUT2D eigenvalue weighted by atomic mass is 32.2. The molecule has 1 aliphatic rings. The van der Waals surface area contributed by atoms with Crippen molar-refractivity contribution in [1.82, 2.24) is 29.7 Å². The van der Waals surface area contributed by atoms with Crippen LogP contribution in [0.15, 0.2) is 42.0 Å². The molecule has 14 nitrogen and oxygen atoms in total. The molecule has 2 atom stereocenters. The van der Waals surface area contributed by atoms with Crippen LogP contribution in [0.2, 0.25) is 0 Å². The number of rotatable bonds is 10. The van der Waals surface area contributed by atoms with Crippen LogP contribution in [-0.4, -0.2) is 49.8 Å². The van der Waals surface area contributed by atoms with Crippen LogP contribution in [0.5, 0.6) is 0 Å². The first-order chi connectivity index (χ1) is 17.5. The Morgan fingerprint density at radius 2 is 2.00 bits per heavy atom. The van der Waals surface area contributed by atoms with Crippen molar-refractivity contribution in [3.63, 3.8) is 0 Å². The molecule has 3 heterocycles. The maximum Gasteiger partial charge on any atom is 0.231 e. The van der Waals surface area contributed by atoms with Crippen molar-refractivity contribution >= 4 is 46.7 Å². The number of nitrogens with one attached hydrogen (secondary N) is 2. The number of aromatic nitrogens is 4. The van der Waals surface area contributed by atoms with E-state index >= 15 is 0 Å². The maximum absolute atomic E-state index is 12.6. The summed E-state index contributed by atoms with van der Waals surface area (Å²) >= 11 is 0.805. The summed E-state index contributed by atoms with van der Waals surface area (Å²) in [5.74, 6) is 10.6. The topological polar surface area (TPSA) is 211 Å². The van der Waals surface area contributed by atoms with Crippen molar-refractivity contribution in [2.45, 2.75) is 38.0 Å². The molecule has 0 radical (unpaired) electrons. The summed E-state index contributed by atoms with van der Waals surface area (Å²) in [5, 5.41) is 3.54. The molecule has 0 saturated carbocycles. The minimum Gasteiger partial charge on any atom is -0.382 e. The summed E-state index contributed by atoms with van der Waals surface area (Å²) in [7, 11) is 0. The fourth-order valence-corrected chi connectivity index (χ4v) is 4.28. The second kappa shape index (κ2) is 11.8. The van der Waals surface area contributed by atoms with Crippen molar-refractivity contribution in [3.05, 3.63) is 48.0 Å². The minimum atomic E-state index is -0.345. The van der Waals surface area contributed by atoms with Gasteiger partial charge in [0.25, 0.3) is 0 Å². The summed E-state index contributed by atoms with van der Waals surface area (Å²) in [6, 6.07) is 6.72. The van der Waals surface area contributed by atoms with Gasteiger partial charge in [0.2, 0.25) is 5.91 Å². The van der Waals surface area contributed by atoms with E-state index < -0.39 is 0 Å². The summed E-state index contributed by atoms with van der Waals surface area (Å²) in [6.45, 7) is 0.269. The van der Waals surface area contributed by atoms with Crippen LogP contribution < -0.4 is 27.6 Å². The SMILES string of the molecule is N/N=C(\NN)c1ccccc1C(=O)CCC(=O)NSOCC1CCC(n2cnc3c(N)ncnc32)O1. The highest BCUT2D eigenvalue weighted by molar-refractivity contribution is 7.93. The van der Waals surface area contributed by atoms with Crippen LogP contribution in [0, 0.1) is 0 Å². The molecule has 1 fully saturated rings. The number of amidine groups is 1. The Morgan fingerprint density at radius 1 is 1.19 bits per heavy atom. The lowest BCUT2D eigenvalue weighted by molar-refractivity contribution is -0.119. The molecule has 2 unspecified atom stereocenters. The molecule has 4 rings (SSSR count). The van der Waals surface area contributed by atoms with Crippen LogP contribution >= 0.6 is 12.2 Å². The lowest BCUT2D eigenvalue weighted by atomic mass is 10.00. The first-order valence-electron chi connectivity index (χ1n) is 11.0. The summed E-state index contributed by atoms with van der Waals surface area (Å²) in [5.41, 5.74) is 10.2. The Bertz CT molecular complexity index is 1270. The molecule has 0 bridgehead atoms. The number of imidazole rings is 1. The Labute approximate surface area is 210 Å². The number of hydrogen-bond donors (Lipinski definition) is 5. The van der Waals surface area contributed by atoms with Gasteiger partial charge >= 0.3 is 0 Å². The summed E-state index contributed by atoms with van der Waals surface area (Å²) in [6.07, 6.45) is 4.10. The quantitative estimate of drug-likeness (QED) is 0.0366. The van der Waals surface area contributed by atoms with Gasteiger partial charge in [0.1, 0.15) is 30.3 Å². The molecule has 15 heteroatoms. The monoisotopic (exact) mass is 514 g/mol. The number of Topliss-reactive ketones (excluding diaryl/α,β-unsaturated/α-hetero) is 1. The second-order valence-corrected chi connectivity index (χ2v) is 8.46. The number of nitrogen functional groups attached to an aromatic ring is 1. The van der Waals surface area contributed by atoms with Crippen molar-refractivity contribution in [3.8, 4) is 0 Å². The van der Waals surface area contributed by atoms with E-state index in [4.69, 9.17) is 26.3 Å². The van der Waals surface area contributed by atoms with Crippen LogP contribution in [0.1, 0.15) is 47.8 Å². The van der Waals surface area contributed by atoms with Gasteiger partial charge in [-0.15, -0.1) is 0 Å².